The number of hydrogen-bond acceptors (Lipinski definition) is 4. The van der Waals surface area contributed by atoms with Crippen molar-refractivity contribution in [2.24, 2.45) is 0 Å². The van der Waals surface area contributed by atoms with Gasteiger partial charge in [0.05, 0.1) is 13.2 Å². The summed E-state index contributed by atoms with van der Waals surface area (Å²) in [6, 6.07) is 0. The molecule has 0 saturated carbocycles. The second-order valence-electron chi connectivity index (χ2n) is 10.2. The Morgan fingerprint density at radius 3 is 0.917 bits per heavy atom. The van der Waals surface area contributed by atoms with E-state index < -0.39 is 10.8 Å². The molecule has 4 nitrogen and oxygen atoms in total. The maximum absolute atomic E-state index is 11.6. The Hall–Kier alpha value is -0.480. The van der Waals surface area contributed by atoms with Crippen molar-refractivity contribution >= 4 is 35.1 Å². The van der Waals surface area contributed by atoms with Crippen LogP contribution < -0.4 is 0 Å². The Morgan fingerprint density at radius 1 is 0.472 bits per heavy atom. The van der Waals surface area contributed by atoms with E-state index in [1.165, 1.54) is 89.9 Å². The van der Waals surface area contributed by atoms with Crippen LogP contribution in [0.2, 0.25) is 0 Å². The van der Waals surface area contributed by atoms with Gasteiger partial charge in [-0.05, 0) is 25.7 Å². The van der Waals surface area contributed by atoms with E-state index in [2.05, 4.69) is 0 Å². The third kappa shape index (κ3) is 23.9. The minimum atomic E-state index is -0.475. The maximum atomic E-state index is 11.6. The van der Waals surface area contributed by atoms with Crippen LogP contribution in [0.15, 0.2) is 0 Å². The van der Waals surface area contributed by atoms with E-state index in [-0.39, 0.29) is 11.9 Å². The minimum absolute atomic E-state index is 0.254. The monoisotopic (exact) mass is 550 g/mol. The van der Waals surface area contributed by atoms with Gasteiger partial charge in [0.1, 0.15) is 10.8 Å². The first-order chi connectivity index (χ1) is 17.5. The first kappa shape index (κ1) is 35.5. The van der Waals surface area contributed by atoms with Crippen molar-refractivity contribution in [2.75, 3.05) is 13.2 Å². The molecule has 0 aromatic carbocycles. The average Bonchev–Trinajstić information content (AvgIpc) is 2.87. The highest BCUT2D eigenvalue weighted by Gasteiger charge is 2.15. The molecule has 0 heterocycles. The van der Waals surface area contributed by atoms with Gasteiger partial charge in [0.25, 0.3) is 0 Å². The molecule has 0 saturated heterocycles. The molecule has 0 spiro atoms. The van der Waals surface area contributed by atoms with Crippen LogP contribution in [0.3, 0.4) is 0 Å². The number of unbranched alkanes of at least 4 members (excludes halogenated alkanes) is 17. The molecule has 2 unspecified atom stereocenters. The molecular formula is C30H56Cl2O4. The molecule has 214 valence electrons. The molecule has 0 fully saturated rings. The third-order valence-electron chi connectivity index (χ3n) is 6.62. The summed E-state index contributed by atoms with van der Waals surface area (Å²) in [6.07, 6.45) is 26.0. The predicted molar refractivity (Wildman–Crippen MR) is 154 cm³/mol. The summed E-state index contributed by atoms with van der Waals surface area (Å²) in [5.41, 5.74) is 0. The molecule has 0 aliphatic carbocycles. The second kappa shape index (κ2) is 27.6. The van der Waals surface area contributed by atoms with Gasteiger partial charge < -0.3 is 9.47 Å². The topological polar surface area (TPSA) is 52.6 Å². The summed E-state index contributed by atoms with van der Waals surface area (Å²) in [4.78, 5) is 23.2. The molecule has 0 bridgehead atoms. The smallest absolute Gasteiger partial charge is 0.324 e. The summed E-state index contributed by atoms with van der Waals surface area (Å²) < 4.78 is 10.4. The Bertz CT molecular complexity index is 457. The molecule has 0 N–H and O–H groups in total. The third-order valence-corrected chi connectivity index (χ3v) is 7.42. The van der Waals surface area contributed by atoms with E-state index >= 15 is 0 Å². The normalized spacial score (nSPS) is 12.9. The number of carbonyl (C=O) groups excluding carboxylic acids is 2. The molecule has 6 heteroatoms. The van der Waals surface area contributed by atoms with Crippen LogP contribution in [0, 0.1) is 0 Å². The van der Waals surface area contributed by atoms with Crippen LogP contribution in [-0.4, -0.2) is 35.9 Å². The fraction of sp³-hybridized carbons (Fsp3) is 0.933. The van der Waals surface area contributed by atoms with Gasteiger partial charge in [0, 0.05) is 0 Å². The van der Waals surface area contributed by atoms with Crippen LogP contribution in [0.4, 0.5) is 0 Å². The molecule has 0 radical (unpaired) electrons. The van der Waals surface area contributed by atoms with Crippen LogP contribution in [0.25, 0.3) is 0 Å². The van der Waals surface area contributed by atoms with Crippen molar-refractivity contribution in [1.29, 1.82) is 0 Å². The standard InChI is InChI=1S/C30H56Cl2O4/c1-3-23-27(31)29(33)35-25-21-19-17-15-13-11-9-7-5-6-8-10-12-14-16-18-20-22-26-36-30(34)28(32)24-4-2/h27-28H,3-26H2,1-2H3. The number of rotatable bonds is 27. The van der Waals surface area contributed by atoms with Gasteiger partial charge in [0.2, 0.25) is 0 Å². The number of halogens is 2. The highest BCUT2D eigenvalue weighted by molar-refractivity contribution is 6.30. The number of esters is 2. The van der Waals surface area contributed by atoms with Crippen molar-refractivity contribution < 1.29 is 19.1 Å². The van der Waals surface area contributed by atoms with Gasteiger partial charge in [-0.25, -0.2) is 0 Å². The van der Waals surface area contributed by atoms with Gasteiger partial charge in [-0.3, -0.25) is 9.59 Å². The van der Waals surface area contributed by atoms with Crippen molar-refractivity contribution in [3.05, 3.63) is 0 Å². The lowest BCUT2D eigenvalue weighted by atomic mass is 10.0. The van der Waals surface area contributed by atoms with Gasteiger partial charge >= 0.3 is 11.9 Å². The van der Waals surface area contributed by atoms with Gasteiger partial charge in [-0.1, -0.05) is 129 Å². The first-order valence-electron chi connectivity index (χ1n) is 15.1. The summed E-state index contributed by atoms with van der Waals surface area (Å²) in [7, 11) is 0. The van der Waals surface area contributed by atoms with E-state index in [1.54, 1.807) is 0 Å². The summed E-state index contributed by atoms with van der Waals surface area (Å²) >= 11 is 11.9. The van der Waals surface area contributed by atoms with Crippen LogP contribution in [0.5, 0.6) is 0 Å². The quantitative estimate of drug-likeness (QED) is 0.0579. The fourth-order valence-electron chi connectivity index (χ4n) is 4.30. The first-order valence-corrected chi connectivity index (χ1v) is 16.0. The maximum Gasteiger partial charge on any atom is 0.324 e. The zero-order valence-corrected chi connectivity index (χ0v) is 25.0. The lowest BCUT2D eigenvalue weighted by molar-refractivity contribution is -0.144. The van der Waals surface area contributed by atoms with Gasteiger partial charge in [-0.15, -0.1) is 23.2 Å². The zero-order chi connectivity index (χ0) is 26.7. The molecule has 0 aliphatic heterocycles. The molecule has 0 aromatic rings. The lowest BCUT2D eigenvalue weighted by Gasteiger charge is -2.08. The largest absolute Gasteiger partial charge is 0.465 e. The molecule has 36 heavy (non-hydrogen) atoms. The summed E-state index contributed by atoms with van der Waals surface area (Å²) in [6.45, 7) is 5.07. The Kier molecular flexibility index (Phi) is 27.2. The Balaban J connectivity index is 3.19. The highest BCUT2D eigenvalue weighted by Crippen LogP contribution is 2.15. The van der Waals surface area contributed by atoms with E-state index in [4.69, 9.17) is 32.7 Å². The summed E-state index contributed by atoms with van der Waals surface area (Å²) in [5, 5.41) is -0.949. The molecule has 0 amide bonds. The molecule has 0 aromatic heterocycles. The molecule has 2 atom stereocenters. The SMILES string of the molecule is CCCC(Cl)C(=O)OCCCCCCCCCCCCCCCCCCCCOC(=O)C(Cl)CCC. The minimum Gasteiger partial charge on any atom is -0.465 e. The van der Waals surface area contributed by atoms with Crippen LogP contribution >= 0.6 is 23.2 Å². The van der Waals surface area contributed by atoms with Crippen molar-refractivity contribution in [1.82, 2.24) is 0 Å². The van der Waals surface area contributed by atoms with Gasteiger partial charge in [0.15, 0.2) is 0 Å². The van der Waals surface area contributed by atoms with E-state index in [0.29, 0.717) is 26.1 Å². The molecular weight excluding hydrogens is 495 g/mol. The average molecular weight is 552 g/mol. The molecule has 0 rings (SSSR count). The predicted octanol–water partition coefficient (Wildman–Crippen LogP) is 9.91. The van der Waals surface area contributed by atoms with E-state index in [9.17, 15) is 9.59 Å². The highest BCUT2D eigenvalue weighted by atomic mass is 35.5. The van der Waals surface area contributed by atoms with Crippen molar-refractivity contribution in [2.45, 2.75) is 166 Å². The Labute approximate surface area is 232 Å². The van der Waals surface area contributed by atoms with Crippen LogP contribution in [-0.2, 0) is 19.1 Å². The van der Waals surface area contributed by atoms with Crippen molar-refractivity contribution in [3.63, 3.8) is 0 Å². The number of hydrogen-bond donors (Lipinski definition) is 0. The second-order valence-corrected chi connectivity index (χ2v) is 11.3. The fourth-order valence-corrected chi connectivity index (χ4v) is 4.86. The number of ether oxygens (including phenoxy) is 2. The van der Waals surface area contributed by atoms with Gasteiger partial charge in [-0.2, -0.15) is 0 Å². The Morgan fingerprint density at radius 2 is 0.694 bits per heavy atom. The molecule has 0 aliphatic rings. The number of alkyl halides is 2. The number of carbonyl (C=O) groups is 2. The van der Waals surface area contributed by atoms with Crippen LogP contribution in [0.1, 0.15) is 155 Å². The van der Waals surface area contributed by atoms with E-state index in [0.717, 1.165) is 38.5 Å². The summed E-state index contributed by atoms with van der Waals surface area (Å²) in [5.74, 6) is -0.509. The zero-order valence-electron chi connectivity index (χ0n) is 23.5. The van der Waals surface area contributed by atoms with Crippen molar-refractivity contribution in [3.8, 4) is 0 Å². The lowest BCUT2D eigenvalue weighted by Crippen LogP contribution is -2.18. The van der Waals surface area contributed by atoms with E-state index in [1.807, 2.05) is 13.8 Å².